The molecule has 0 amide bonds. The Bertz CT molecular complexity index is 720. The first-order chi connectivity index (χ1) is 12.6. The molecule has 0 fully saturated rings. The molecule has 0 atom stereocenters. The quantitative estimate of drug-likeness (QED) is 0.308. The lowest BCUT2D eigenvalue weighted by molar-refractivity contribution is -0.134. The Hall–Kier alpha value is -1.38. The smallest absolute Gasteiger partial charge is 0.368 e. The Kier molecular flexibility index (Phi) is 7.47. The first-order valence-electron chi connectivity index (χ1n) is 8.72. The lowest BCUT2D eigenvalue weighted by Gasteiger charge is -2.29. The van der Waals surface area contributed by atoms with Crippen molar-refractivity contribution in [2.45, 2.75) is 37.0 Å². The number of carbonyl (C=O) groups is 1. The van der Waals surface area contributed by atoms with E-state index in [9.17, 15) is 9.18 Å². The van der Waals surface area contributed by atoms with Crippen molar-refractivity contribution in [3.63, 3.8) is 0 Å². The van der Waals surface area contributed by atoms with Gasteiger partial charge in [0.2, 0.25) is 5.83 Å². The molecule has 5 nitrogen and oxygen atoms in total. The van der Waals surface area contributed by atoms with Crippen LogP contribution in [0, 0.1) is 5.41 Å². The van der Waals surface area contributed by atoms with Crippen molar-refractivity contribution in [2.24, 2.45) is 5.41 Å². The number of anilines is 1. The minimum atomic E-state index is -1.64. The molecule has 1 heterocycles. The topological polar surface area (TPSA) is 53.0 Å². The molecule has 0 radical (unpaired) electrons. The number of fused-ring (bicyclic) bond motifs is 1. The molecule has 27 heavy (non-hydrogen) atoms. The number of rotatable bonds is 6. The zero-order chi connectivity index (χ0) is 20.2. The van der Waals surface area contributed by atoms with E-state index in [1.807, 2.05) is 19.4 Å². The summed E-state index contributed by atoms with van der Waals surface area (Å²) in [6, 6.07) is 3.92. The van der Waals surface area contributed by atoms with Gasteiger partial charge in [-0.25, -0.2) is 9.10 Å². The average molecular weight is 415 g/mol. The van der Waals surface area contributed by atoms with E-state index in [1.54, 1.807) is 11.9 Å². The number of thioether (sulfide) groups is 1. The van der Waals surface area contributed by atoms with Crippen LogP contribution in [0.25, 0.3) is 0 Å². The third-order valence-electron chi connectivity index (χ3n) is 4.15. The molecule has 0 bridgehead atoms. The van der Waals surface area contributed by atoms with Gasteiger partial charge in [0.1, 0.15) is 12.0 Å². The van der Waals surface area contributed by atoms with Crippen molar-refractivity contribution in [2.75, 3.05) is 37.8 Å². The van der Waals surface area contributed by atoms with Crippen LogP contribution < -0.4 is 9.64 Å². The highest BCUT2D eigenvalue weighted by atomic mass is 32.2. The second-order valence-electron chi connectivity index (χ2n) is 7.60. The number of benzene rings is 1. The number of hydrogen-bond acceptors (Lipinski definition) is 6. The van der Waals surface area contributed by atoms with Gasteiger partial charge in [-0.2, -0.15) is 4.39 Å². The predicted octanol–water partition coefficient (Wildman–Crippen LogP) is 4.88. The van der Waals surface area contributed by atoms with Crippen LogP contribution in [0.5, 0.6) is 5.75 Å². The summed E-state index contributed by atoms with van der Waals surface area (Å²) < 4.78 is 20.8. The summed E-state index contributed by atoms with van der Waals surface area (Å²) in [4.78, 5) is 14.9. The van der Waals surface area contributed by atoms with Gasteiger partial charge in [0.25, 0.3) is 0 Å². The first kappa shape index (κ1) is 21.9. The van der Waals surface area contributed by atoms with Gasteiger partial charge in [0, 0.05) is 19.6 Å². The number of carboxylic acid groups (broad SMARTS) is 1. The van der Waals surface area contributed by atoms with Crippen molar-refractivity contribution >= 4 is 35.4 Å². The van der Waals surface area contributed by atoms with Crippen LogP contribution in [0.2, 0.25) is 0 Å². The van der Waals surface area contributed by atoms with Crippen molar-refractivity contribution < 1.29 is 19.0 Å². The molecular formula is C19H27FN2O3S2. The number of hydrogen-bond donors (Lipinski definition) is 1. The molecule has 1 aliphatic heterocycles. The van der Waals surface area contributed by atoms with Gasteiger partial charge in [-0.05, 0) is 49.2 Å². The first-order valence-corrected chi connectivity index (χ1v) is 10.7. The zero-order valence-corrected chi connectivity index (χ0v) is 18.0. The molecule has 0 saturated heterocycles. The minimum Gasteiger partial charge on any atom is -0.476 e. The lowest BCUT2D eigenvalue weighted by Crippen LogP contribution is -2.31. The van der Waals surface area contributed by atoms with Crippen LogP contribution in [-0.4, -0.2) is 48.3 Å². The maximum Gasteiger partial charge on any atom is 0.368 e. The van der Waals surface area contributed by atoms with E-state index in [-0.39, 0.29) is 5.41 Å². The van der Waals surface area contributed by atoms with Gasteiger partial charge in [0.15, 0.2) is 0 Å². The Balaban J connectivity index is 2.37. The van der Waals surface area contributed by atoms with E-state index in [0.29, 0.717) is 12.0 Å². The van der Waals surface area contributed by atoms with Crippen LogP contribution in [0.1, 0.15) is 27.2 Å². The molecule has 0 spiro atoms. The fourth-order valence-electron chi connectivity index (χ4n) is 2.57. The average Bonchev–Trinajstić information content (AvgIpc) is 2.73. The number of carboxylic acids is 1. The van der Waals surface area contributed by atoms with Gasteiger partial charge in [-0.1, -0.05) is 20.8 Å². The molecule has 0 aliphatic carbocycles. The van der Waals surface area contributed by atoms with Crippen LogP contribution in [-0.2, 0) is 4.79 Å². The van der Waals surface area contributed by atoms with Crippen molar-refractivity contribution in [1.82, 2.24) is 4.31 Å². The van der Waals surface area contributed by atoms with E-state index in [1.165, 1.54) is 11.8 Å². The minimum absolute atomic E-state index is 0.246. The van der Waals surface area contributed by atoms with Gasteiger partial charge in [-0.3, -0.25) is 0 Å². The number of aliphatic carboxylic acids is 1. The van der Waals surface area contributed by atoms with Crippen LogP contribution >= 0.6 is 23.7 Å². The lowest BCUT2D eigenvalue weighted by atomic mass is 9.92. The van der Waals surface area contributed by atoms with Crippen LogP contribution in [0.15, 0.2) is 34.0 Å². The van der Waals surface area contributed by atoms with E-state index in [0.717, 1.165) is 41.5 Å². The van der Waals surface area contributed by atoms with Crippen LogP contribution in [0.3, 0.4) is 0 Å². The SMILES string of the molecule is CSc1cc2c(cc1O/C=C(\F)C(=O)O)SN(C)CCN2CCC(C)(C)C. The molecule has 0 aromatic heterocycles. The molecule has 0 saturated carbocycles. The zero-order valence-electron chi connectivity index (χ0n) is 16.4. The number of halogens is 1. The molecular weight excluding hydrogens is 387 g/mol. The monoisotopic (exact) mass is 414 g/mol. The van der Waals surface area contributed by atoms with E-state index in [4.69, 9.17) is 9.84 Å². The maximum absolute atomic E-state index is 13.3. The van der Waals surface area contributed by atoms with Gasteiger partial charge >= 0.3 is 5.97 Å². The summed E-state index contributed by atoms with van der Waals surface area (Å²) in [7, 11) is 2.04. The Morgan fingerprint density at radius 2 is 2.11 bits per heavy atom. The van der Waals surface area contributed by atoms with Gasteiger partial charge in [0.05, 0.1) is 15.5 Å². The fraction of sp³-hybridized carbons (Fsp3) is 0.526. The second kappa shape index (κ2) is 9.21. The van der Waals surface area contributed by atoms with Crippen molar-refractivity contribution in [3.05, 3.63) is 24.2 Å². The highest BCUT2D eigenvalue weighted by Crippen LogP contribution is 2.42. The number of likely N-dealkylation sites (N-methyl/N-ethyl adjacent to an activating group) is 1. The van der Waals surface area contributed by atoms with E-state index < -0.39 is 11.8 Å². The Labute approximate surface area is 169 Å². The molecule has 1 aromatic carbocycles. The second-order valence-corrected chi connectivity index (χ2v) is 9.69. The van der Waals surface area contributed by atoms with Crippen molar-refractivity contribution in [3.8, 4) is 5.75 Å². The summed E-state index contributed by atoms with van der Waals surface area (Å²) in [6.45, 7) is 9.50. The highest BCUT2D eigenvalue weighted by molar-refractivity contribution is 7.98. The molecule has 8 heteroatoms. The number of nitrogens with zero attached hydrogens (tertiary/aromatic N) is 2. The molecule has 1 N–H and O–H groups in total. The summed E-state index contributed by atoms with van der Waals surface area (Å²) in [5.41, 5.74) is 1.38. The largest absolute Gasteiger partial charge is 0.476 e. The number of ether oxygens (including phenoxy) is 1. The Morgan fingerprint density at radius 3 is 2.70 bits per heavy atom. The third kappa shape index (κ3) is 6.33. The predicted molar refractivity (Wildman–Crippen MR) is 110 cm³/mol. The summed E-state index contributed by atoms with van der Waals surface area (Å²) in [6.07, 6.45) is 3.63. The highest BCUT2D eigenvalue weighted by Gasteiger charge is 2.23. The summed E-state index contributed by atoms with van der Waals surface area (Å²) >= 11 is 3.10. The molecule has 1 aromatic rings. The Morgan fingerprint density at radius 1 is 1.41 bits per heavy atom. The summed E-state index contributed by atoms with van der Waals surface area (Å²) in [5, 5.41) is 8.66. The van der Waals surface area contributed by atoms with E-state index in [2.05, 4.69) is 36.0 Å². The molecule has 0 unspecified atom stereocenters. The molecule has 150 valence electrons. The maximum atomic E-state index is 13.3. The van der Waals surface area contributed by atoms with Crippen molar-refractivity contribution in [1.29, 1.82) is 0 Å². The normalized spacial score (nSPS) is 16.1. The molecule has 1 aliphatic rings. The van der Waals surface area contributed by atoms with Gasteiger partial charge < -0.3 is 14.7 Å². The van der Waals surface area contributed by atoms with E-state index >= 15 is 0 Å². The standard InChI is InChI=1S/C19H27FN2O3S2/c1-19(2,3)6-7-22-9-8-21(4)27-16-11-15(17(26-5)10-14(16)22)25-12-13(20)18(23)24/h10-12H,6-9H2,1-5H3,(H,23,24)/b13-12-. The fourth-order valence-corrected chi connectivity index (χ4v) is 4.05. The summed E-state index contributed by atoms with van der Waals surface area (Å²) in [5.74, 6) is -2.51. The van der Waals surface area contributed by atoms with Gasteiger partial charge in [-0.15, -0.1) is 11.8 Å². The van der Waals surface area contributed by atoms with Crippen LogP contribution in [0.4, 0.5) is 10.1 Å². The third-order valence-corrected chi connectivity index (χ3v) is 5.93. The molecule has 2 rings (SSSR count).